The summed E-state index contributed by atoms with van der Waals surface area (Å²) in [6, 6.07) is 6.91. The van der Waals surface area contributed by atoms with Crippen LogP contribution in [0.15, 0.2) is 40.2 Å². The van der Waals surface area contributed by atoms with Gasteiger partial charge in [-0.1, -0.05) is 32.0 Å². The number of aliphatic imine (C=N–C) groups is 1. The molecule has 148 valence electrons. The number of sulfone groups is 1. The van der Waals surface area contributed by atoms with Crippen molar-refractivity contribution in [1.82, 2.24) is 5.32 Å². The Morgan fingerprint density at radius 1 is 1.30 bits per heavy atom. The van der Waals surface area contributed by atoms with E-state index < -0.39 is 27.9 Å². The summed E-state index contributed by atoms with van der Waals surface area (Å²) in [5, 5.41) is 12.8. The van der Waals surface area contributed by atoms with Crippen molar-refractivity contribution in [3.8, 4) is 0 Å². The van der Waals surface area contributed by atoms with E-state index >= 15 is 0 Å². The van der Waals surface area contributed by atoms with E-state index in [9.17, 15) is 18.3 Å². The summed E-state index contributed by atoms with van der Waals surface area (Å²) in [5.41, 5.74) is 0. The van der Waals surface area contributed by atoms with Crippen molar-refractivity contribution in [2.24, 2.45) is 22.7 Å². The summed E-state index contributed by atoms with van der Waals surface area (Å²) >= 11 is 0. The van der Waals surface area contributed by atoms with Gasteiger partial charge in [0.1, 0.15) is 12.1 Å². The number of methoxy groups -OCH3 is 1. The van der Waals surface area contributed by atoms with Crippen molar-refractivity contribution >= 4 is 21.6 Å². The predicted octanol–water partition coefficient (Wildman–Crippen LogP) is 1.03. The minimum Gasteiger partial charge on any atom is -0.483 e. The van der Waals surface area contributed by atoms with E-state index in [4.69, 9.17) is 4.74 Å². The quantitative estimate of drug-likeness (QED) is 0.750. The van der Waals surface area contributed by atoms with E-state index in [0.717, 1.165) is 0 Å². The Labute approximate surface area is 159 Å². The molecule has 0 bridgehead atoms. The van der Waals surface area contributed by atoms with Crippen LogP contribution < -0.4 is 5.32 Å². The van der Waals surface area contributed by atoms with Crippen LogP contribution in [0.25, 0.3) is 0 Å². The summed E-state index contributed by atoms with van der Waals surface area (Å²) < 4.78 is 31.1. The third kappa shape index (κ3) is 4.16. The average molecular weight is 394 g/mol. The number of carbonyl (C=O) groups excluding carboxylic acids is 1. The lowest BCUT2D eigenvalue weighted by molar-refractivity contribution is -0.124. The molecule has 0 spiro atoms. The molecule has 1 saturated carbocycles. The van der Waals surface area contributed by atoms with Gasteiger partial charge in [-0.25, -0.2) is 13.4 Å². The zero-order valence-electron chi connectivity index (χ0n) is 15.7. The fraction of sp³-hybridized carbons (Fsp3) is 0.579. The Bertz CT molecular complexity index is 822. The molecule has 7 nitrogen and oxygen atoms in total. The number of nitrogens with zero attached hydrogens (tertiary/aromatic N) is 1. The number of amides is 1. The zero-order chi connectivity index (χ0) is 19.8. The molecule has 1 aromatic rings. The van der Waals surface area contributed by atoms with Crippen LogP contribution in [0.3, 0.4) is 0 Å². The monoisotopic (exact) mass is 394 g/mol. The van der Waals surface area contributed by atoms with E-state index in [0.29, 0.717) is 12.3 Å². The van der Waals surface area contributed by atoms with Gasteiger partial charge in [0.25, 0.3) is 0 Å². The highest BCUT2D eigenvalue weighted by Gasteiger charge is 2.50. The molecule has 8 heteroatoms. The zero-order valence-corrected chi connectivity index (χ0v) is 16.5. The molecule has 1 aliphatic heterocycles. The maximum Gasteiger partial charge on any atom is 0.245 e. The van der Waals surface area contributed by atoms with Crippen LogP contribution in [-0.4, -0.2) is 56.4 Å². The Balaban J connectivity index is 1.92. The third-order valence-electron chi connectivity index (χ3n) is 5.25. The highest BCUT2D eigenvalue weighted by molar-refractivity contribution is 7.91. The van der Waals surface area contributed by atoms with Crippen LogP contribution in [0.2, 0.25) is 0 Å². The van der Waals surface area contributed by atoms with Crippen LogP contribution in [-0.2, 0) is 19.4 Å². The van der Waals surface area contributed by atoms with Crippen molar-refractivity contribution in [3.05, 3.63) is 30.3 Å². The molecular formula is C19H26N2O5S. The smallest absolute Gasteiger partial charge is 0.245 e. The Morgan fingerprint density at radius 3 is 2.44 bits per heavy atom. The molecule has 0 aromatic heterocycles. The SMILES string of the molecule is COC1=N[C@@H]([C@H](CS(=O)(=O)c2ccccc2)[C@H]2C[C@H]2O)C(=O)N[C@@H]1C(C)C. The van der Waals surface area contributed by atoms with Crippen molar-refractivity contribution in [1.29, 1.82) is 0 Å². The second-order valence-electron chi connectivity index (χ2n) is 7.57. The van der Waals surface area contributed by atoms with Gasteiger partial charge in [-0.05, 0) is 30.4 Å². The fourth-order valence-electron chi connectivity index (χ4n) is 3.58. The highest BCUT2D eigenvalue weighted by Crippen LogP contribution is 2.42. The number of hydrogen-bond acceptors (Lipinski definition) is 6. The maximum absolute atomic E-state index is 12.9. The predicted molar refractivity (Wildman–Crippen MR) is 101 cm³/mol. The summed E-state index contributed by atoms with van der Waals surface area (Å²) in [6.07, 6.45) is -0.123. The number of benzene rings is 1. The van der Waals surface area contributed by atoms with Crippen LogP contribution in [0, 0.1) is 17.8 Å². The second-order valence-corrected chi connectivity index (χ2v) is 9.61. The lowest BCUT2D eigenvalue weighted by Gasteiger charge is -2.33. The Morgan fingerprint density at radius 2 is 1.93 bits per heavy atom. The molecular weight excluding hydrogens is 368 g/mol. The summed E-state index contributed by atoms with van der Waals surface area (Å²) in [6.45, 7) is 3.89. The van der Waals surface area contributed by atoms with E-state index in [1.807, 2.05) is 13.8 Å². The van der Waals surface area contributed by atoms with E-state index in [-0.39, 0.29) is 34.4 Å². The number of hydrogen-bond donors (Lipinski definition) is 2. The lowest BCUT2D eigenvalue weighted by atomic mass is 9.92. The van der Waals surface area contributed by atoms with Gasteiger partial charge in [-0.2, -0.15) is 0 Å². The van der Waals surface area contributed by atoms with Crippen molar-refractivity contribution in [2.75, 3.05) is 12.9 Å². The van der Waals surface area contributed by atoms with Gasteiger partial charge in [0.15, 0.2) is 9.84 Å². The molecule has 1 aromatic carbocycles. The molecule has 2 aliphatic rings. The molecule has 0 radical (unpaired) electrons. The number of aliphatic hydroxyl groups excluding tert-OH is 1. The fourth-order valence-corrected chi connectivity index (χ4v) is 5.29. The van der Waals surface area contributed by atoms with Crippen LogP contribution >= 0.6 is 0 Å². The number of carbonyl (C=O) groups is 1. The van der Waals surface area contributed by atoms with Crippen molar-refractivity contribution in [3.63, 3.8) is 0 Å². The number of ether oxygens (including phenoxy) is 1. The van der Waals surface area contributed by atoms with Gasteiger partial charge < -0.3 is 15.2 Å². The van der Waals surface area contributed by atoms with Gasteiger partial charge in [-0.15, -0.1) is 0 Å². The first-order valence-electron chi connectivity index (χ1n) is 9.12. The molecule has 27 heavy (non-hydrogen) atoms. The van der Waals surface area contributed by atoms with Gasteiger partial charge in [0.05, 0.1) is 23.9 Å². The second kappa shape index (κ2) is 7.59. The number of nitrogens with one attached hydrogen (secondary N) is 1. The Kier molecular flexibility index (Phi) is 5.58. The molecule has 5 atom stereocenters. The standard InChI is InChI=1S/C19H26N2O5S/c1-11(2)16-19(26-3)21-17(18(23)20-16)14(13-9-15(13)22)10-27(24,25)12-7-5-4-6-8-12/h4-8,11,13-17,22H,9-10H2,1-3H3,(H,20,23)/t13-,14-,15-,16-,17+/m1/s1. The molecule has 1 fully saturated rings. The molecule has 1 amide bonds. The van der Waals surface area contributed by atoms with E-state index in [1.165, 1.54) is 19.2 Å². The minimum absolute atomic E-state index is 0.0895. The summed E-state index contributed by atoms with van der Waals surface area (Å²) in [7, 11) is -2.13. The third-order valence-corrected chi connectivity index (χ3v) is 7.06. The van der Waals surface area contributed by atoms with E-state index in [2.05, 4.69) is 10.3 Å². The normalized spacial score (nSPS) is 29.1. The Hall–Kier alpha value is -1.93. The van der Waals surface area contributed by atoms with Gasteiger partial charge in [-0.3, -0.25) is 4.79 Å². The van der Waals surface area contributed by atoms with Crippen LogP contribution in [0.1, 0.15) is 20.3 Å². The van der Waals surface area contributed by atoms with Gasteiger partial charge in [0.2, 0.25) is 11.8 Å². The summed E-state index contributed by atoms with van der Waals surface area (Å²) in [5.74, 6) is -0.954. The van der Waals surface area contributed by atoms with Gasteiger partial charge in [0, 0.05) is 5.92 Å². The first-order chi connectivity index (χ1) is 12.7. The first kappa shape index (κ1) is 19.8. The molecule has 2 N–H and O–H groups in total. The molecule has 3 rings (SSSR count). The highest BCUT2D eigenvalue weighted by atomic mass is 32.2. The molecule has 0 unspecified atom stereocenters. The molecule has 0 saturated heterocycles. The lowest BCUT2D eigenvalue weighted by Crippen LogP contribution is -2.55. The number of rotatable bonds is 6. The first-order valence-corrected chi connectivity index (χ1v) is 10.8. The van der Waals surface area contributed by atoms with E-state index in [1.54, 1.807) is 18.2 Å². The van der Waals surface area contributed by atoms with Crippen molar-refractivity contribution < 1.29 is 23.1 Å². The molecule has 1 aliphatic carbocycles. The minimum atomic E-state index is -3.62. The topological polar surface area (TPSA) is 105 Å². The largest absolute Gasteiger partial charge is 0.483 e. The molecule has 1 heterocycles. The van der Waals surface area contributed by atoms with Crippen LogP contribution in [0.5, 0.6) is 0 Å². The van der Waals surface area contributed by atoms with Gasteiger partial charge >= 0.3 is 0 Å². The maximum atomic E-state index is 12.9. The average Bonchev–Trinajstić information content (AvgIpc) is 3.37. The van der Waals surface area contributed by atoms with Crippen molar-refractivity contribution in [2.45, 2.75) is 43.4 Å². The van der Waals surface area contributed by atoms with Crippen LogP contribution in [0.4, 0.5) is 0 Å². The number of aliphatic hydroxyl groups is 1. The summed E-state index contributed by atoms with van der Waals surface area (Å²) in [4.78, 5) is 17.4.